The number of anilines is 1. The number of aryl methyl sites for hydroxylation is 1. The molecule has 0 unspecified atom stereocenters. The number of pyridine rings is 1. The van der Waals surface area contributed by atoms with Crippen molar-refractivity contribution in [2.24, 2.45) is 0 Å². The monoisotopic (exact) mass is 390 g/mol. The number of hydrogen-bond donors (Lipinski definition) is 1. The lowest BCUT2D eigenvalue weighted by Crippen LogP contribution is -2.33. The van der Waals surface area contributed by atoms with E-state index in [0.29, 0.717) is 17.9 Å². The van der Waals surface area contributed by atoms with E-state index in [4.69, 9.17) is 15.5 Å². The first-order chi connectivity index (χ1) is 12.6. The van der Waals surface area contributed by atoms with Crippen LogP contribution < -0.4 is 5.73 Å². The molecule has 0 radical (unpaired) electrons. The molecule has 0 fully saturated rings. The van der Waals surface area contributed by atoms with Crippen LogP contribution in [0.25, 0.3) is 21.9 Å². The Labute approximate surface area is 159 Å². The summed E-state index contributed by atoms with van der Waals surface area (Å²) >= 11 is 0. The molecule has 0 bridgehead atoms. The fraction of sp³-hybridized carbons (Fsp3) is 0.474. The first-order valence-corrected chi connectivity index (χ1v) is 11.0. The Hall–Kier alpha value is -2.19. The molecule has 1 aromatic carbocycles. The van der Waals surface area contributed by atoms with Crippen molar-refractivity contribution < 1.29 is 13.2 Å². The van der Waals surface area contributed by atoms with Gasteiger partial charge in [-0.05, 0) is 19.9 Å². The maximum atomic E-state index is 11.4. The predicted octanol–water partition coefficient (Wildman–Crippen LogP) is 2.57. The molecule has 2 aromatic heterocycles. The quantitative estimate of drug-likeness (QED) is 0.665. The predicted molar refractivity (Wildman–Crippen MR) is 109 cm³/mol. The fourth-order valence-corrected chi connectivity index (χ4v) is 3.63. The van der Waals surface area contributed by atoms with Gasteiger partial charge in [0.15, 0.2) is 5.82 Å². The Morgan fingerprint density at radius 3 is 2.59 bits per heavy atom. The minimum atomic E-state index is -3.06. The van der Waals surface area contributed by atoms with Crippen LogP contribution in [-0.2, 0) is 27.5 Å². The molecular weight excluding hydrogens is 364 g/mol. The SMILES string of the molecule is CCc1nc2c(N)nc3ccccc3c2n1CC(C)(C)OCCS(C)(=O)=O. The zero-order valence-electron chi connectivity index (χ0n) is 16.2. The molecule has 3 rings (SSSR count). The van der Waals surface area contributed by atoms with E-state index in [-0.39, 0.29) is 12.4 Å². The Morgan fingerprint density at radius 1 is 1.22 bits per heavy atom. The van der Waals surface area contributed by atoms with E-state index >= 15 is 0 Å². The number of aromatic nitrogens is 3. The molecule has 3 aromatic rings. The van der Waals surface area contributed by atoms with Gasteiger partial charge in [0.05, 0.1) is 35.5 Å². The standard InChI is InChI=1S/C19H26N4O3S/c1-5-15-22-16-17(13-8-6-7-9-14(13)21-18(16)20)23(15)12-19(2,3)26-10-11-27(4,24)25/h6-9H,5,10-12H2,1-4H3,(H2,20,21). The first-order valence-electron chi connectivity index (χ1n) is 8.96. The molecule has 0 saturated heterocycles. The number of benzene rings is 1. The van der Waals surface area contributed by atoms with E-state index in [0.717, 1.165) is 28.7 Å². The highest BCUT2D eigenvalue weighted by Crippen LogP contribution is 2.30. The van der Waals surface area contributed by atoms with Gasteiger partial charge in [0, 0.05) is 18.1 Å². The lowest BCUT2D eigenvalue weighted by atomic mass is 10.1. The van der Waals surface area contributed by atoms with Gasteiger partial charge in [0.25, 0.3) is 0 Å². The lowest BCUT2D eigenvalue weighted by Gasteiger charge is -2.27. The Bertz CT molecular complexity index is 1090. The van der Waals surface area contributed by atoms with Crippen LogP contribution in [-0.4, -0.2) is 47.2 Å². The number of nitrogens with zero attached hydrogens (tertiary/aromatic N) is 3. The zero-order valence-corrected chi connectivity index (χ0v) is 17.0. The maximum absolute atomic E-state index is 11.4. The number of nitrogens with two attached hydrogens (primary N) is 1. The Balaban J connectivity index is 2.05. The van der Waals surface area contributed by atoms with Crippen LogP contribution in [0.1, 0.15) is 26.6 Å². The van der Waals surface area contributed by atoms with Crippen LogP contribution in [0.2, 0.25) is 0 Å². The molecule has 2 heterocycles. The number of ether oxygens (including phenoxy) is 1. The molecule has 8 heteroatoms. The van der Waals surface area contributed by atoms with Crippen molar-refractivity contribution >= 4 is 37.6 Å². The molecule has 0 aliphatic carbocycles. The second kappa shape index (κ2) is 7.09. The minimum absolute atomic E-state index is 0.00153. The summed E-state index contributed by atoms with van der Waals surface area (Å²) in [6.45, 7) is 6.63. The summed E-state index contributed by atoms with van der Waals surface area (Å²) in [4.78, 5) is 9.18. The smallest absolute Gasteiger partial charge is 0.152 e. The van der Waals surface area contributed by atoms with Gasteiger partial charge >= 0.3 is 0 Å². The summed E-state index contributed by atoms with van der Waals surface area (Å²) in [6.07, 6.45) is 1.95. The highest BCUT2D eigenvalue weighted by atomic mass is 32.2. The van der Waals surface area contributed by atoms with Gasteiger partial charge in [-0.25, -0.2) is 18.4 Å². The summed E-state index contributed by atoms with van der Waals surface area (Å²) in [5, 5.41) is 0.987. The van der Waals surface area contributed by atoms with E-state index in [2.05, 4.69) is 9.55 Å². The second-order valence-corrected chi connectivity index (χ2v) is 9.68. The number of para-hydroxylation sites is 1. The summed E-state index contributed by atoms with van der Waals surface area (Å²) < 4.78 is 30.8. The zero-order chi connectivity index (χ0) is 19.8. The molecule has 0 amide bonds. The molecule has 0 aliphatic heterocycles. The minimum Gasteiger partial charge on any atom is -0.382 e. The third-order valence-corrected chi connectivity index (χ3v) is 5.40. The molecular formula is C19H26N4O3S. The summed E-state index contributed by atoms with van der Waals surface area (Å²) in [6, 6.07) is 7.84. The van der Waals surface area contributed by atoms with Gasteiger partial charge in [0.2, 0.25) is 0 Å². The van der Waals surface area contributed by atoms with Crippen LogP contribution >= 0.6 is 0 Å². The summed E-state index contributed by atoms with van der Waals surface area (Å²) in [5.74, 6) is 1.31. The van der Waals surface area contributed by atoms with E-state index in [1.807, 2.05) is 45.0 Å². The maximum Gasteiger partial charge on any atom is 0.152 e. The molecule has 0 atom stereocenters. The van der Waals surface area contributed by atoms with Crippen molar-refractivity contribution in [3.8, 4) is 0 Å². The van der Waals surface area contributed by atoms with Crippen LogP contribution in [0, 0.1) is 0 Å². The van der Waals surface area contributed by atoms with E-state index in [1.165, 1.54) is 6.26 Å². The average Bonchev–Trinajstić information content (AvgIpc) is 2.92. The molecule has 146 valence electrons. The average molecular weight is 391 g/mol. The number of sulfone groups is 1. The summed E-state index contributed by atoms with van der Waals surface area (Å²) in [7, 11) is -3.06. The van der Waals surface area contributed by atoms with E-state index in [9.17, 15) is 8.42 Å². The molecule has 0 saturated carbocycles. The highest BCUT2D eigenvalue weighted by Gasteiger charge is 2.25. The molecule has 0 spiro atoms. The fourth-order valence-electron chi connectivity index (χ4n) is 3.24. The number of imidazole rings is 1. The van der Waals surface area contributed by atoms with Crippen molar-refractivity contribution in [2.75, 3.05) is 24.3 Å². The molecule has 2 N–H and O–H groups in total. The molecule has 27 heavy (non-hydrogen) atoms. The third kappa shape index (κ3) is 4.22. The van der Waals surface area contributed by atoms with Crippen molar-refractivity contribution in [1.82, 2.24) is 14.5 Å². The highest BCUT2D eigenvalue weighted by molar-refractivity contribution is 7.90. The Kier molecular flexibility index (Phi) is 5.14. The van der Waals surface area contributed by atoms with Crippen LogP contribution in [0.4, 0.5) is 5.82 Å². The van der Waals surface area contributed by atoms with Crippen LogP contribution in [0.15, 0.2) is 24.3 Å². The molecule has 0 aliphatic rings. The lowest BCUT2D eigenvalue weighted by molar-refractivity contribution is -0.0210. The van der Waals surface area contributed by atoms with Gasteiger partial charge in [-0.3, -0.25) is 0 Å². The van der Waals surface area contributed by atoms with Gasteiger partial charge in [-0.15, -0.1) is 0 Å². The van der Waals surface area contributed by atoms with Crippen molar-refractivity contribution in [2.45, 2.75) is 39.3 Å². The van der Waals surface area contributed by atoms with Gasteiger partial charge in [-0.1, -0.05) is 25.1 Å². The van der Waals surface area contributed by atoms with E-state index in [1.54, 1.807) is 0 Å². The second-order valence-electron chi connectivity index (χ2n) is 7.42. The number of fused-ring (bicyclic) bond motifs is 3. The number of nitrogen functional groups attached to an aromatic ring is 1. The van der Waals surface area contributed by atoms with Gasteiger partial charge in [0.1, 0.15) is 21.2 Å². The van der Waals surface area contributed by atoms with Crippen molar-refractivity contribution in [1.29, 1.82) is 0 Å². The van der Waals surface area contributed by atoms with Gasteiger partial charge in [-0.2, -0.15) is 0 Å². The van der Waals surface area contributed by atoms with Gasteiger partial charge < -0.3 is 15.0 Å². The largest absolute Gasteiger partial charge is 0.382 e. The number of rotatable bonds is 7. The summed E-state index contributed by atoms with van der Waals surface area (Å²) in [5.41, 5.74) is 8.05. The molecule has 7 nitrogen and oxygen atoms in total. The van der Waals surface area contributed by atoms with E-state index < -0.39 is 15.4 Å². The van der Waals surface area contributed by atoms with Crippen molar-refractivity contribution in [3.05, 3.63) is 30.1 Å². The third-order valence-electron chi connectivity index (χ3n) is 4.49. The first kappa shape index (κ1) is 19.6. The number of hydrogen-bond acceptors (Lipinski definition) is 6. The normalized spacial score (nSPS) is 12.9. The van der Waals surface area contributed by atoms with Crippen LogP contribution in [0.3, 0.4) is 0 Å². The topological polar surface area (TPSA) is 100 Å². The van der Waals surface area contributed by atoms with Crippen LogP contribution in [0.5, 0.6) is 0 Å². The Morgan fingerprint density at radius 2 is 1.93 bits per heavy atom. The van der Waals surface area contributed by atoms with Crippen molar-refractivity contribution in [3.63, 3.8) is 0 Å².